The summed E-state index contributed by atoms with van der Waals surface area (Å²) in [5, 5.41) is 7.90. The molecule has 0 atom stereocenters. The second kappa shape index (κ2) is 4.34. The Morgan fingerprint density at radius 3 is 3.24 bits per heavy atom. The fourth-order valence-corrected chi connectivity index (χ4v) is 2.38. The molecule has 0 spiro atoms. The summed E-state index contributed by atoms with van der Waals surface area (Å²) >= 11 is 0. The standard InChI is InChI=1S/C14H17N3/c1-2-11-4-3-5-13(8-11)17-14-6-7-15-9-12(14)10-16-17/h3-5,8,10,15H,2,6-7,9H2,1H3. The zero-order valence-electron chi connectivity index (χ0n) is 10.1. The van der Waals surface area contributed by atoms with Gasteiger partial charge in [0.2, 0.25) is 0 Å². The maximum atomic E-state index is 4.52. The second-order valence-electron chi connectivity index (χ2n) is 4.48. The summed E-state index contributed by atoms with van der Waals surface area (Å²) in [5.41, 5.74) is 5.24. The Balaban J connectivity index is 2.05. The zero-order chi connectivity index (χ0) is 11.7. The lowest BCUT2D eigenvalue weighted by Crippen LogP contribution is -2.24. The maximum Gasteiger partial charge on any atom is 0.0651 e. The maximum absolute atomic E-state index is 4.52. The van der Waals surface area contributed by atoms with Crippen LogP contribution in [0.5, 0.6) is 0 Å². The van der Waals surface area contributed by atoms with E-state index >= 15 is 0 Å². The van der Waals surface area contributed by atoms with Gasteiger partial charge in [0.15, 0.2) is 0 Å². The SMILES string of the molecule is CCc1cccc(-n2ncc3c2CCNC3)c1. The fourth-order valence-electron chi connectivity index (χ4n) is 2.38. The van der Waals surface area contributed by atoms with Crippen molar-refractivity contribution in [2.24, 2.45) is 0 Å². The molecule has 0 saturated carbocycles. The fraction of sp³-hybridized carbons (Fsp3) is 0.357. The predicted molar refractivity (Wildman–Crippen MR) is 68.4 cm³/mol. The molecule has 0 fully saturated rings. The van der Waals surface area contributed by atoms with E-state index in [1.54, 1.807) is 0 Å². The monoisotopic (exact) mass is 227 g/mol. The predicted octanol–water partition coefficient (Wildman–Crippen LogP) is 2.08. The molecule has 88 valence electrons. The topological polar surface area (TPSA) is 29.9 Å². The highest BCUT2D eigenvalue weighted by atomic mass is 15.3. The van der Waals surface area contributed by atoms with Crippen LogP contribution < -0.4 is 5.32 Å². The summed E-state index contributed by atoms with van der Waals surface area (Å²) in [6.45, 7) is 4.18. The van der Waals surface area contributed by atoms with Crippen LogP contribution in [0.25, 0.3) is 5.69 Å². The number of nitrogens with one attached hydrogen (secondary N) is 1. The Hall–Kier alpha value is -1.61. The van der Waals surface area contributed by atoms with Crippen molar-refractivity contribution < 1.29 is 0 Å². The van der Waals surface area contributed by atoms with E-state index in [2.05, 4.69) is 46.3 Å². The molecule has 3 rings (SSSR count). The molecule has 1 N–H and O–H groups in total. The van der Waals surface area contributed by atoms with Crippen molar-refractivity contribution in [1.29, 1.82) is 0 Å². The summed E-state index contributed by atoms with van der Waals surface area (Å²) in [6, 6.07) is 8.65. The number of aryl methyl sites for hydroxylation is 1. The van der Waals surface area contributed by atoms with E-state index < -0.39 is 0 Å². The lowest BCUT2D eigenvalue weighted by Gasteiger charge is -2.15. The van der Waals surface area contributed by atoms with Gasteiger partial charge >= 0.3 is 0 Å². The zero-order valence-corrected chi connectivity index (χ0v) is 10.1. The molecule has 0 bridgehead atoms. The molecule has 0 saturated heterocycles. The van der Waals surface area contributed by atoms with Crippen molar-refractivity contribution in [2.75, 3.05) is 6.54 Å². The first-order chi connectivity index (χ1) is 8.38. The third-order valence-electron chi connectivity index (χ3n) is 3.37. The van der Waals surface area contributed by atoms with Crippen LogP contribution in [0.4, 0.5) is 0 Å². The molecule has 3 heteroatoms. The van der Waals surface area contributed by atoms with Crippen molar-refractivity contribution >= 4 is 0 Å². The van der Waals surface area contributed by atoms with Gasteiger partial charge < -0.3 is 5.32 Å². The molecule has 1 aromatic carbocycles. The van der Waals surface area contributed by atoms with E-state index in [1.807, 2.05) is 6.20 Å². The van der Waals surface area contributed by atoms with Gasteiger partial charge in [0.05, 0.1) is 11.9 Å². The Morgan fingerprint density at radius 2 is 2.35 bits per heavy atom. The lowest BCUT2D eigenvalue weighted by atomic mass is 10.1. The van der Waals surface area contributed by atoms with Crippen molar-refractivity contribution in [1.82, 2.24) is 15.1 Å². The van der Waals surface area contributed by atoms with Crippen LogP contribution in [0.1, 0.15) is 23.7 Å². The molecule has 1 aliphatic rings. The smallest absolute Gasteiger partial charge is 0.0651 e. The molecule has 0 unspecified atom stereocenters. The molecular weight excluding hydrogens is 210 g/mol. The van der Waals surface area contributed by atoms with Gasteiger partial charge in [-0.05, 0) is 24.1 Å². The van der Waals surface area contributed by atoms with E-state index in [4.69, 9.17) is 0 Å². The van der Waals surface area contributed by atoms with Crippen molar-refractivity contribution in [3.8, 4) is 5.69 Å². The minimum Gasteiger partial charge on any atom is -0.312 e. The Bertz CT molecular complexity index is 528. The Morgan fingerprint density at radius 1 is 1.41 bits per heavy atom. The summed E-state index contributed by atoms with van der Waals surface area (Å²) in [5.74, 6) is 0. The van der Waals surface area contributed by atoms with E-state index in [9.17, 15) is 0 Å². The molecule has 0 amide bonds. The molecule has 0 radical (unpaired) electrons. The average Bonchev–Trinajstić information content (AvgIpc) is 2.82. The van der Waals surface area contributed by atoms with Crippen molar-refractivity contribution in [2.45, 2.75) is 26.3 Å². The van der Waals surface area contributed by atoms with E-state index in [0.29, 0.717) is 0 Å². The van der Waals surface area contributed by atoms with Gasteiger partial charge in [-0.2, -0.15) is 5.10 Å². The molecule has 1 aliphatic heterocycles. The average molecular weight is 227 g/mol. The Kier molecular flexibility index (Phi) is 2.69. The second-order valence-corrected chi connectivity index (χ2v) is 4.48. The van der Waals surface area contributed by atoms with Crippen LogP contribution in [0.15, 0.2) is 30.5 Å². The van der Waals surface area contributed by atoms with E-state index in [-0.39, 0.29) is 0 Å². The highest BCUT2D eigenvalue weighted by Gasteiger charge is 2.15. The first-order valence-corrected chi connectivity index (χ1v) is 6.24. The van der Waals surface area contributed by atoms with Crippen molar-refractivity contribution in [3.63, 3.8) is 0 Å². The summed E-state index contributed by atoms with van der Waals surface area (Å²) in [6.07, 6.45) is 4.12. The summed E-state index contributed by atoms with van der Waals surface area (Å²) in [7, 11) is 0. The molecule has 0 aliphatic carbocycles. The molecule has 1 aromatic heterocycles. The Labute approximate surface area is 101 Å². The van der Waals surface area contributed by atoms with Crippen LogP contribution in [0, 0.1) is 0 Å². The first-order valence-electron chi connectivity index (χ1n) is 6.24. The number of hydrogen-bond donors (Lipinski definition) is 1. The number of fused-ring (bicyclic) bond motifs is 1. The minimum absolute atomic E-state index is 0.947. The minimum atomic E-state index is 0.947. The van der Waals surface area contributed by atoms with Gasteiger partial charge in [-0.15, -0.1) is 0 Å². The molecule has 2 heterocycles. The number of aromatic nitrogens is 2. The van der Waals surface area contributed by atoms with E-state index in [1.165, 1.54) is 22.5 Å². The quantitative estimate of drug-likeness (QED) is 0.851. The van der Waals surface area contributed by atoms with Gasteiger partial charge in [0, 0.05) is 30.8 Å². The van der Waals surface area contributed by atoms with Gasteiger partial charge in [0.25, 0.3) is 0 Å². The van der Waals surface area contributed by atoms with Gasteiger partial charge in [-0.3, -0.25) is 0 Å². The van der Waals surface area contributed by atoms with Crippen LogP contribution in [0.3, 0.4) is 0 Å². The number of rotatable bonds is 2. The molecule has 3 nitrogen and oxygen atoms in total. The summed E-state index contributed by atoms with van der Waals surface area (Å²) in [4.78, 5) is 0. The van der Waals surface area contributed by atoms with Gasteiger partial charge in [-0.1, -0.05) is 19.1 Å². The highest BCUT2D eigenvalue weighted by Crippen LogP contribution is 2.18. The highest BCUT2D eigenvalue weighted by molar-refractivity contribution is 5.38. The van der Waals surface area contributed by atoms with Gasteiger partial charge in [0.1, 0.15) is 0 Å². The third-order valence-corrected chi connectivity index (χ3v) is 3.37. The van der Waals surface area contributed by atoms with E-state index in [0.717, 1.165) is 25.9 Å². The number of hydrogen-bond acceptors (Lipinski definition) is 2. The number of benzene rings is 1. The van der Waals surface area contributed by atoms with Crippen LogP contribution in [0.2, 0.25) is 0 Å². The molecule has 17 heavy (non-hydrogen) atoms. The molecule has 2 aromatic rings. The normalized spacial score (nSPS) is 14.6. The van der Waals surface area contributed by atoms with Gasteiger partial charge in [-0.25, -0.2) is 4.68 Å². The largest absolute Gasteiger partial charge is 0.312 e. The van der Waals surface area contributed by atoms with Crippen LogP contribution >= 0.6 is 0 Å². The third kappa shape index (κ3) is 1.87. The first kappa shape index (κ1) is 10.5. The van der Waals surface area contributed by atoms with Crippen LogP contribution in [-0.2, 0) is 19.4 Å². The number of nitrogens with zero attached hydrogens (tertiary/aromatic N) is 2. The van der Waals surface area contributed by atoms with Crippen LogP contribution in [-0.4, -0.2) is 16.3 Å². The summed E-state index contributed by atoms with van der Waals surface area (Å²) < 4.78 is 2.09. The lowest BCUT2D eigenvalue weighted by molar-refractivity contribution is 0.622. The molecular formula is C14H17N3. The van der Waals surface area contributed by atoms with Crippen molar-refractivity contribution in [3.05, 3.63) is 47.3 Å².